The van der Waals surface area contributed by atoms with Crippen LogP contribution in [0, 0.1) is 6.92 Å². The van der Waals surface area contributed by atoms with Gasteiger partial charge in [0.05, 0.1) is 0 Å². The van der Waals surface area contributed by atoms with Crippen molar-refractivity contribution in [2.45, 2.75) is 39.2 Å². The van der Waals surface area contributed by atoms with Crippen LogP contribution in [0.1, 0.15) is 42.5 Å². The van der Waals surface area contributed by atoms with Gasteiger partial charge in [0, 0.05) is 6.04 Å². The summed E-state index contributed by atoms with van der Waals surface area (Å²) in [6, 6.07) is 19.9. The Morgan fingerprint density at radius 2 is 1.65 bits per heavy atom. The molecule has 0 saturated heterocycles. The maximum Gasteiger partial charge on any atom is 0.0326 e. The molecule has 1 heteroatoms. The first-order valence-electron chi connectivity index (χ1n) is 7.64. The van der Waals surface area contributed by atoms with Gasteiger partial charge in [-0.25, -0.2) is 0 Å². The van der Waals surface area contributed by atoms with E-state index >= 15 is 0 Å². The van der Waals surface area contributed by atoms with Crippen LogP contribution in [0.25, 0.3) is 0 Å². The lowest BCUT2D eigenvalue weighted by molar-refractivity contribution is 0.497. The highest BCUT2D eigenvalue weighted by molar-refractivity contribution is 5.29. The third-order valence-electron chi connectivity index (χ3n) is 3.77. The van der Waals surface area contributed by atoms with Crippen molar-refractivity contribution in [1.29, 1.82) is 0 Å². The van der Waals surface area contributed by atoms with Crippen molar-refractivity contribution in [3.63, 3.8) is 0 Å². The quantitative estimate of drug-likeness (QED) is 0.768. The van der Waals surface area contributed by atoms with E-state index in [0.29, 0.717) is 6.04 Å². The molecular weight excluding hydrogens is 242 g/mol. The molecular formula is C19H25N. The van der Waals surface area contributed by atoms with E-state index in [1.165, 1.54) is 23.1 Å². The summed E-state index contributed by atoms with van der Waals surface area (Å²) in [5, 5.41) is 3.70. The number of nitrogens with one attached hydrogen (secondary N) is 1. The Morgan fingerprint density at radius 1 is 0.950 bits per heavy atom. The fraction of sp³-hybridized carbons (Fsp3) is 0.368. The minimum atomic E-state index is 0.455. The van der Waals surface area contributed by atoms with Crippen LogP contribution in [0.15, 0.2) is 54.6 Å². The van der Waals surface area contributed by atoms with Gasteiger partial charge in [0.2, 0.25) is 0 Å². The molecule has 0 radical (unpaired) electrons. The zero-order valence-electron chi connectivity index (χ0n) is 12.6. The summed E-state index contributed by atoms with van der Waals surface area (Å²) >= 11 is 0. The molecule has 20 heavy (non-hydrogen) atoms. The first-order valence-corrected chi connectivity index (χ1v) is 7.64. The third kappa shape index (κ3) is 4.21. The van der Waals surface area contributed by atoms with Crippen LogP contribution in [0.4, 0.5) is 0 Å². The molecule has 1 nitrogen and oxygen atoms in total. The van der Waals surface area contributed by atoms with E-state index in [0.717, 1.165) is 19.4 Å². The van der Waals surface area contributed by atoms with Crippen LogP contribution in [0.2, 0.25) is 0 Å². The second-order valence-corrected chi connectivity index (χ2v) is 5.39. The number of rotatable bonds is 7. The highest BCUT2D eigenvalue weighted by Gasteiger charge is 2.12. The molecule has 2 aromatic carbocycles. The molecule has 0 aliphatic heterocycles. The molecule has 0 heterocycles. The van der Waals surface area contributed by atoms with Gasteiger partial charge < -0.3 is 5.32 Å². The van der Waals surface area contributed by atoms with Gasteiger partial charge in [-0.2, -0.15) is 0 Å². The zero-order valence-corrected chi connectivity index (χ0v) is 12.6. The van der Waals surface area contributed by atoms with E-state index < -0.39 is 0 Å². The summed E-state index contributed by atoms with van der Waals surface area (Å²) in [6.45, 7) is 5.51. The van der Waals surface area contributed by atoms with Crippen LogP contribution < -0.4 is 5.32 Å². The maximum absolute atomic E-state index is 3.70. The minimum absolute atomic E-state index is 0.455. The third-order valence-corrected chi connectivity index (χ3v) is 3.77. The molecule has 0 aliphatic rings. The van der Waals surface area contributed by atoms with E-state index in [1.54, 1.807) is 0 Å². The Balaban J connectivity index is 2.06. The van der Waals surface area contributed by atoms with E-state index in [2.05, 4.69) is 73.8 Å². The Bertz CT molecular complexity index is 504. The topological polar surface area (TPSA) is 12.0 Å². The van der Waals surface area contributed by atoms with Crippen molar-refractivity contribution in [1.82, 2.24) is 5.32 Å². The Kier molecular flexibility index (Phi) is 5.82. The number of benzene rings is 2. The SMILES string of the molecule is CCCNC(CCc1ccccc1)c1ccccc1C. The second-order valence-electron chi connectivity index (χ2n) is 5.39. The molecule has 0 fully saturated rings. The van der Waals surface area contributed by atoms with Gasteiger partial charge in [-0.05, 0) is 49.4 Å². The molecule has 0 saturated carbocycles. The normalized spacial score (nSPS) is 12.3. The highest BCUT2D eigenvalue weighted by atomic mass is 14.9. The fourth-order valence-electron chi connectivity index (χ4n) is 2.62. The lowest BCUT2D eigenvalue weighted by Gasteiger charge is -2.21. The summed E-state index contributed by atoms with van der Waals surface area (Å²) in [5.41, 5.74) is 4.25. The van der Waals surface area contributed by atoms with Crippen molar-refractivity contribution in [3.8, 4) is 0 Å². The van der Waals surface area contributed by atoms with Crippen molar-refractivity contribution >= 4 is 0 Å². The molecule has 2 rings (SSSR count). The van der Waals surface area contributed by atoms with E-state index in [9.17, 15) is 0 Å². The van der Waals surface area contributed by atoms with Crippen LogP contribution in [0.3, 0.4) is 0 Å². The maximum atomic E-state index is 3.70. The average molecular weight is 267 g/mol. The molecule has 0 bridgehead atoms. The van der Waals surface area contributed by atoms with Gasteiger partial charge in [-0.1, -0.05) is 61.5 Å². The second kappa shape index (κ2) is 7.86. The zero-order chi connectivity index (χ0) is 14.2. The summed E-state index contributed by atoms with van der Waals surface area (Å²) in [6.07, 6.45) is 3.44. The molecule has 1 atom stereocenters. The largest absolute Gasteiger partial charge is 0.310 e. The van der Waals surface area contributed by atoms with Crippen LogP contribution in [0.5, 0.6) is 0 Å². The van der Waals surface area contributed by atoms with Gasteiger partial charge >= 0.3 is 0 Å². The molecule has 0 spiro atoms. The predicted octanol–water partition coefficient (Wildman–Crippen LogP) is 4.67. The van der Waals surface area contributed by atoms with Crippen LogP contribution >= 0.6 is 0 Å². The summed E-state index contributed by atoms with van der Waals surface area (Å²) in [4.78, 5) is 0. The number of aryl methyl sites for hydroxylation is 2. The molecule has 0 amide bonds. The summed E-state index contributed by atoms with van der Waals surface area (Å²) in [7, 11) is 0. The highest BCUT2D eigenvalue weighted by Crippen LogP contribution is 2.22. The van der Waals surface area contributed by atoms with Crippen molar-refractivity contribution in [3.05, 3.63) is 71.3 Å². The van der Waals surface area contributed by atoms with Crippen LogP contribution in [-0.2, 0) is 6.42 Å². The first-order chi connectivity index (χ1) is 9.81. The minimum Gasteiger partial charge on any atom is -0.310 e. The molecule has 0 aliphatic carbocycles. The Morgan fingerprint density at radius 3 is 2.35 bits per heavy atom. The van der Waals surface area contributed by atoms with Gasteiger partial charge in [0.15, 0.2) is 0 Å². The van der Waals surface area contributed by atoms with Crippen molar-refractivity contribution in [2.24, 2.45) is 0 Å². The van der Waals surface area contributed by atoms with Crippen molar-refractivity contribution in [2.75, 3.05) is 6.54 Å². The van der Waals surface area contributed by atoms with Crippen LogP contribution in [-0.4, -0.2) is 6.54 Å². The molecule has 1 unspecified atom stereocenters. The lowest BCUT2D eigenvalue weighted by Crippen LogP contribution is -2.23. The fourth-order valence-corrected chi connectivity index (χ4v) is 2.62. The Labute approximate surface area is 123 Å². The monoisotopic (exact) mass is 267 g/mol. The van der Waals surface area contributed by atoms with E-state index in [4.69, 9.17) is 0 Å². The molecule has 2 aromatic rings. The van der Waals surface area contributed by atoms with E-state index in [1.807, 2.05) is 0 Å². The standard InChI is InChI=1S/C19H25N/c1-3-15-20-19(18-12-8-7-9-16(18)2)14-13-17-10-5-4-6-11-17/h4-12,19-20H,3,13-15H2,1-2H3. The summed E-state index contributed by atoms with van der Waals surface area (Å²) < 4.78 is 0. The Hall–Kier alpha value is -1.60. The summed E-state index contributed by atoms with van der Waals surface area (Å²) in [5.74, 6) is 0. The number of hydrogen-bond donors (Lipinski definition) is 1. The van der Waals surface area contributed by atoms with Gasteiger partial charge in [0.1, 0.15) is 0 Å². The molecule has 0 aromatic heterocycles. The first kappa shape index (κ1) is 14.8. The molecule has 1 N–H and O–H groups in total. The predicted molar refractivity (Wildman–Crippen MR) is 87.0 cm³/mol. The smallest absolute Gasteiger partial charge is 0.0326 e. The van der Waals surface area contributed by atoms with Gasteiger partial charge in [-0.3, -0.25) is 0 Å². The van der Waals surface area contributed by atoms with Crippen molar-refractivity contribution < 1.29 is 0 Å². The van der Waals surface area contributed by atoms with Gasteiger partial charge in [-0.15, -0.1) is 0 Å². The average Bonchev–Trinajstić information content (AvgIpc) is 2.49. The molecule has 106 valence electrons. The van der Waals surface area contributed by atoms with Gasteiger partial charge in [0.25, 0.3) is 0 Å². The lowest BCUT2D eigenvalue weighted by atomic mass is 9.95. The number of hydrogen-bond acceptors (Lipinski definition) is 1. The van der Waals surface area contributed by atoms with E-state index in [-0.39, 0.29) is 0 Å².